The highest BCUT2D eigenvalue weighted by atomic mass is 35.5. The van der Waals surface area contributed by atoms with Crippen LogP contribution in [0.1, 0.15) is 22.5 Å². The van der Waals surface area contributed by atoms with Crippen molar-refractivity contribution in [2.24, 2.45) is 0 Å². The van der Waals surface area contributed by atoms with Gasteiger partial charge in [-0.1, -0.05) is 11.3 Å². The predicted molar refractivity (Wildman–Crippen MR) is 91.7 cm³/mol. The fraction of sp³-hybridized carbons (Fsp3) is 0.571. The van der Waals surface area contributed by atoms with Crippen molar-refractivity contribution in [3.63, 3.8) is 0 Å². The second-order valence-corrected chi connectivity index (χ2v) is 6.77. The van der Waals surface area contributed by atoms with E-state index in [1.165, 1.54) is 12.1 Å². The molecule has 0 aliphatic carbocycles. The lowest BCUT2D eigenvalue weighted by Gasteiger charge is -2.41. The maximum Gasteiger partial charge on any atom is 0.324 e. The number of nitrogens with one attached hydrogen (secondary N) is 1. The number of amides is 2. The third kappa shape index (κ3) is 3.85. The summed E-state index contributed by atoms with van der Waals surface area (Å²) in [6.45, 7) is 2.91. The van der Waals surface area contributed by atoms with E-state index in [-0.39, 0.29) is 35.3 Å². The van der Waals surface area contributed by atoms with Gasteiger partial charge in [-0.05, 0) is 18.9 Å². The van der Waals surface area contributed by atoms with Crippen LogP contribution < -0.4 is 5.32 Å². The molecule has 1 aromatic heterocycles. The molecule has 0 radical (unpaired) electrons. The Bertz CT molecular complexity index is 638. The van der Waals surface area contributed by atoms with Gasteiger partial charge in [-0.15, -0.1) is 12.4 Å². The highest BCUT2D eigenvalue weighted by molar-refractivity contribution is 7.17. The summed E-state index contributed by atoms with van der Waals surface area (Å²) in [5.74, 6) is -0.113. The molecular weight excluding hydrogens is 356 g/mol. The van der Waals surface area contributed by atoms with Crippen LogP contribution in [0, 0.1) is 10.1 Å². The fourth-order valence-electron chi connectivity index (χ4n) is 3.10. The van der Waals surface area contributed by atoms with E-state index < -0.39 is 4.92 Å². The summed E-state index contributed by atoms with van der Waals surface area (Å²) in [5.41, 5.74) is 0. The van der Waals surface area contributed by atoms with E-state index in [1.54, 1.807) is 4.90 Å². The molecule has 1 N–H and O–H groups in total. The molecule has 2 amide bonds. The minimum atomic E-state index is -0.486. The highest BCUT2D eigenvalue weighted by Gasteiger charge is 2.32. The first-order valence-electron chi connectivity index (χ1n) is 7.60. The van der Waals surface area contributed by atoms with Crippen LogP contribution in [-0.4, -0.2) is 65.3 Å². The summed E-state index contributed by atoms with van der Waals surface area (Å²) < 4.78 is 0. The normalized spacial score (nSPS) is 21.3. The van der Waals surface area contributed by atoms with E-state index in [0.717, 1.165) is 30.7 Å². The van der Waals surface area contributed by atoms with Crippen LogP contribution in [0.15, 0.2) is 12.1 Å². The molecule has 0 aromatic carbocycles. The van der Waals surface area contributed by atoms with Crippen molar-refractivity contribution in [2.75, 3.05) is 32.7 Å². The van der Waals surface area contributed by atoms with E-state index in [4.69, 9.17) is 0 Å². The smallest absolute Gasteiger partial charge is 0.324 e. The number of piperazine rings is 1. The van der Waals surface area contributed by atoms with E-state index in [2.05, 4.69) is 5.32 Å². The van der Waals surface area contributed by atoms with Crippen molar-refractivity contribution >= 4 is 40.6 Å². The first-order chi connectivity index (χ1) is 11.1. The average molecular weight is 375 g/mol. The Hall–Kier alpha value is -1.71. The Morgan fingerprint density at radius 2 is 2.17 bits per heavy atom. The number of hydrogen-bond donors (Lipinski definition) is 1. The number of piperidine rings is 1. The largest absolute Gasteiger partial charge is 0.336 e. The average Bonchev–Trinajstić information content (AvgIpc) is 3.05. The number of rotatable bonds is 3. The third-order valence-electron chi connectivity index (χ3n) is 4.23. The first kappa shape index (κ1) is 18.6. The highest BCUT2D eigenvalue weighted by Crippen LogP contribution is 2.26. The molecule has 1 atom stereocenters. The van der Waals surface area contributed by atoms with Gasteiger partial charge >= 0.3 is 5.00 Å². The number of likely N-dealkylation sites (tertiary alicyclic amines) is 1. The quantitative estimate of drug-likeness (QED) is 0.631. The van der Waals surface area contributed by atoms with Crippen LogP contribution >= 0.6 is 23.7 Å². The van der Waals surface area contributed by atoms with Gasteiger partial charge in [-0.3, -0.25) is 19.7 Å². The number of nitro groups is 1. The number of hydrogen-bond acceptors (Lipinski definition) is 6. The standard InChI is InChI=1S/C14H18N4O4S.ClH/c19-12-8-15-5-7-17(12)10-2-1-6-16(9-10)14(20)11-3-4-13(23-11)18(21)22;/h3-4,10,15H,1-2,5-9H2;1H. The molecule has 1 unspecified atom stereocenters. The maximum absolute atomic E-state index is 12.5. The molecule has 0 saturated carbocycles. The van der Waals surface area contributed by atoms with Gasteiger partial charge in [0.2, 0.25) is 5.91 Å². The first-order valence-corrected chi connectivity index (χ1v) is 8.41. The SMILES string of the molecule is Cl.O=C(c1ccc([N+](=O)[O-])s1)N1CCCC(N2CCNCC2=O)C1. The van der Waals surface area contributed by atoms with E-state index in [0.29, 0.717) is 31.1 Å². The Labute approximate surface area is 149 Å². The lowest BCUT2D eigenvalue weighted by Crippen LogP contribution is -2.57. The van der Waals surface area contributed by atoms with Crippen LogP contribution in [0.4, 0.5) is 5.00 Å². The van der Waals surface area contributed by atoms with Crippen LogP contribution in [0.25, 0.3) is 0 Å². The molecule has 3 heterocycles. The summed E-state index contributed by atoms with van der Waals surface area (Å²) in [4.78, 5) is 38.8. The summed E-state index contributed by atoms with van der Waals surface area (Å²) in [7, 11) is 0. The van der Waals surface area contributed by atoms with Gasteiger partial charge in [-0.25, -0.2) is 0 Å². The van der Waals surface area contributed by atoms with E-state index in [9.17, 15) is 19.7 Å². The maximum atomic E-state index is 12.5. The Kier molecular flexibility index (Phi) is 6.14. The Balaban J connectivity index is 0.00000208. The Morgan fingerprint density at radius 3 is 2.83 bits per heavy atom. The molecule has 0 spiro atoms. The van der Waals surface area contributed by atoms with Gasteiger partial charge < -0.3 is 15.1 Å². The number of halogens is 1. The van der Waals surface area contributed by atoms with Crippen LogP contribution in [-0.2, 0) is 4.79 Å². The molecule has 132 valence electrons. The minimum Gasteiger partial charge on any atom is -0.336 e. The van der Waals surface area contributed by atoms with Crippen molar-refractivity contribution < 1.29 is 14.5 Å². The fourth-order valence-corrected chi connectivity index (χ4v) is 3.89. The summed E-state index contributed by atoms with van der Waals surface area (Å²) in [6, 6.07) is 2.90. The zero-order valence-electron chi connectivity index (χ0n) is 13.0. The second-order valence-electron chi connectivity index (χ2n) is 5.71. The number of carbonyl (C=O) groups excluding carboxylic acids is 2. The number of thiophene rings is 1. The lowest BCUT2D eigenvalue weighted by molar-refractivity contribution is -0.380. The van der Waals surface area contributed by atoms with Crippen molar-refractivity contribution in [1.82, 2.24) is 15.1 Å². The lowest BCUT2D eigenvalue weighted by atomic mass is 10.0. The summed E-state index contributed by atoms with van der Waals surface area (Å²) in [6.07, 6.45) is 1.72. The molecule has 10 heteroatoms. The molecule has 2 fully saturated rings. The molecule has 24 heavy (non-hydrogen) atoms. The molecule has 1 aromatic rings. The van der Waals surface area contributed by atoms with Crippen LogP contribution in [0.2, 0.25) is 0 Å². The second kappa shape index (κ2) is 7.91. The molecule has 0 bridgehead atoms. The van der Waals surface area contributed by atoms with Crippen molar-refractivity contribution in [2.45, 2.75) is 18.9 Å². The van der Waals surface area contributed by atoms with Gasteiger partial charge in [0.15, 0.2) is 0 Å². The molecule has 2 aliphatic heterocycles. The summed E-state index contributed by atoms with van der Waals surface area (Å²) in [5, 5.41) is 13.8. The molecular formula is C14H19ClN4O4S. The van der Waals surface area contributed by atoms with E-state index in [1.807, 2.05) is 4.90 Å². The topological polar surface area (TPSA) is 95.8 Å². The zero-order valence-corrected chi connectivity index (χ0v) is 14.6. The molecule has 8 nitrogen and oxygen atoms in total. The molecule has 3 rings (SSSR count). The van der Waals surface area contributed by atoms with Gasteiger partial charge in [0, 0.05) is 38.3 Å². The molecule has 2 aliphatic rings. The molecule has 2 saturated heterocycles. The number of carbonyl (C=O) groups is 2. The number of nitrogens with zero attached hydrogens (tertiary/aromatic N) is 3. The van der Waals surface area contributed by atoms with Gasteiger partial charge in [0.25, 0.3) is 5.91 Å². The summed E-state index contributed by atoms with van der Waals surface area (Å²) >= 11 is 0.899. The van der Waals surface area contributed by atoms with Crippen molar-refractivity contribution in [3.8, 4) is 0 Å². The zero-order chi connectivity index (χ0) is 16.4. The van der Waals surface area contributed by atoms with Crippen molar-refractivity contribution in [3.05, 3.63) is 27.1 Å². The minimum absolute atomic E-state index is 0. The predicted octanol–water partition coefficient (Wildman–Crippen LogP) is 1.11. The van der Waals surface area contributed by atoms with E-state index >= 15 is 0 Å². The monoisotopic (exact) mass is 374 g/mol. The van der Waals surface area contributed by atoms with Gasteiger partial charge in [0.1, 0.15) is 0 Å². The van der Waals surface area contributed by atoms with Gasteiger partial charge in [0.05, 0.1) is 16.3 Å². The van der Waals surface area contributed by atoms with Crippen molar-refractivity contribution in [1.29, 1.82) is 0 Å². The van der Waals surface area contributed by atoms with Gasteiger partial charge in [-0.2, -0.15) is 0 Å². The van der Waals surface area contributed by atoms with Crippen LogP contribution in [0.3, 0.4) is 0 Å². The Morgan fingerprint density at radius 1 is 1.38 bits per heavy atom. The van der Waals surface area contributed by atoms with Crippen LogP contribution in [0.5, 0.6) is 0 Å². The third-order valence-corrected chi connectivity index (χ3v) is 5.26.